The number of esters is 1. The van der Waals surface area contributed by atoms with Crippen molar-refractivity contribution in [2.45, 2.75) is 102 Å². The third-order valence-corrected chi connectivity index (χ3v) is 4.60. The van der Waals surface area contributed by atoms with Crippen LogP contribution in [0.15, 0.2) is 0 Å². The summed E-state index contributed by atoms with van der Waals surface area (Å²) >= 11 is 0. The molecular formula is C18H34O5. The van der Waals surface area contributed by atoms with Crippen LogP contribution in [0.3, 0.4) is 0 Å². The number of hydrogen-bond acceptors (Lipinski definition) is 5. The summed E-state index contributed by atoms with van der Waals surface area (Å²) in [5.41, 5.74) is -0.723. The van der Waals surface area contributed by atoms with E-state index in [2.05, 4.69) is 6.92 Å². The highest BCUT2D eigenvalue weighted by atomic mass is 16.5. The molecule has 5 heteroatoms. The van der Waals surface area contributed by atoms with Crippen molar-refractivity contribution >= 4 is 5.97 Å². The first-order valence-electron chi connectivity index (χ1n) is 8.96. The lowest BCUT2D eigenvalue weighted by atomic mass is 9.86. The van der Waals surface area contributed by atoms with Crippen LogP contribution < -0.4 is 0 Å². The lowest BCUT2D eigenvalue weighted by Gasteiger charge is -2.28. The normalized spacial score (nSPS) is 27.1. The van der Waals surface area contributed by atoms with E-state index in [1.807, 2.05) is 6.92 Å². The van der Waals surface area contributed by atoms with Crippen LogP contribution >= 0.6 is 0 Å². The van der Waals surface area contributed by atoms with E-state index in [-0.39, 0.29) is 24.6 Å². The Morgan fingerprint density at radius 2 is 2.00 bits per heavy atom. The predicted molar refractivity (Wildman–Crippen MR) is 88.9 cm³/mol. The van der Waals surface area contributed by atoms with Crippen molar-refractivity contribution in [3.63, 3.8) is 0 Å². The molecule has 0 bridgehead atoms. The van der Waals surface area contributed by atoms with Crippen molar-refractivity contribution in [3.8, 4) is 0 Å². The quantitative estimate of drug-likeness (QED) is 0.423. The van der Waals surface area contributed by atoms with E-state index in [1.165, 1.54) is 0 Å². The second-order valence-corrected chi connectivity index (χ2v) is 7.68. The fourth-order valence-electron chi connectivity index (χ4n) is 3.38. The summed E-state index contributed by atoms with van der Waals surface area (Å²) in [7, 11) is 0. The minimum Gasteiger partial charge on any atom is -0.462 e. The molecule has 1 fully saturated rings. The van der Waals surface area contributed by atoms with Crippen molar-refractivity contribution in [2.75, 3.05) is 0 Å². The van der Waals surface area contributed by atoms with E-state index in [0.29, 0.717) is 25.2 Å². The predicted octanol–water partition coefficient (Wildman–Crippen LogP) is 2.55. The van der Waals surface area contributed by atoms with Crippen LogP contribution in [-0.4, -0.2) is 45.2 Å². The Morgan fingerprint density at radius 1 is 1.30 bits per heavy atom. The van der Waals surface area contributed by atoms with E-state index in [4.69, 9.17) is 4.74 Å². The fourth-order valence-corrected chi connectivity index (χ4v) is 3.38. The zero-order chi connectivity index (χ0) is 17.5. The first-order chi connectivity index (χ1) is 10.7. The molecule has 3 N–H and O–H groups in total. The Morgan fingerprint density at radius 3 is 2.61 bits per heavy atom. The third-order valence-electron chi connectivity index (χ3n) is 4.60. The van der Waals surface area contributed by atoms with E-state index in [1.54, 1.807) is 6.92 Å². The van der Waals surface area contributed by atoms with Crippen molar-refractivity contribution in [2.24, 2.45) is 5.92 Å². The van der Waals surface area contributed by atoms with E-state index < -0.39 is 11.7 Å². The number of rotatable bonds is 10. The van der Waals surface area contributed by atoms with Gasteiger partial charge in [0.25, 0.3) is 0 Å². The zero-order valence-electron chi connectivity index (χ0n) is 14.8. The summed E-state index contributed by atoms with van der Waals surface area (Å²) in [5, 5.41) is 29.2. The summed E-state index contributed by atoms with van der Waals surface area (Å²) in [5.74, 6) is 0.120. The average molecular weight is 330 g/mol. The average Bonchev–Trinajstić information content (AvgIpc) is 2.40. The molecular weight excluding hydrogens is 296 g/mol. The highest BCUT2D eigenvalue weighted by Gasteiger charge is 2.27. The van der Waals surface area contributed by atoms with E-state index in [9.17, 15) is 20.1 Å². The van der Waals surface area contributed by atoms with Gasteiger partial charge in [-0.15, -0.1) is 0 Å². The van der Waals surface area contributed by atoms with Crippen LogP contribution in [0.2, 0.25) is 0 Å². The molecule has 1 aliphatic heterocycles. The highest BCUT2D eigenvalue weighted by molar-refractivity contribution is 5.70. The van der Waals surface area contributed by atoms with Crippen LogP contribution in [0.1, 0.15) is 78.6 Å². The molecule has 0 unspecified atom stereocenters. The van der Waals surface area contributed by atoms with Crippen LogP contribution in [-0.2, 0) is 9.53 Å². The Balaban J connectivity index is 2.16. The molecule has 0 aromatic heterocycles. The molecule has 136 valence electrons. The maximum absolute atomic E-state index is 11.3. The molecule has 0 amide bonds. The van der Waals surface area contributed by atoms with Crippen LogP contribution in [0, 0.1) is 5.92 Å². The minimum atomic E-state index is -0.723. The lowest BCUT2D eigenvalue weighted by Crippen LogP contribution is -2.32. The van der Waals surface area contributed by atoms with E-state index >= 15 is 0 Å². The number of aliphatic hydroxyl groups excluding tert-OH is 2. The van der Waals surface area contributed by atoms with Crippen molar-refractivity contribution in [1.29, 1.82) is 0 Å². The second-order valence-electron chi connectivity index (χ2n) is 7.68. The molecule has 0 aromatic carbocycles. The van der Waals surface area contributed by atoms with Gasteiger partial charge >= 0.3 is 5.97 Å². The first-order valence-corrected chi connectivity index (χ1v) is 8.96. The molecule has 1 rings (SSSR count). The van der Waals surface area contributed by atoms with Gasteiger partial charge in [-0.25, -0.2) is 0 Å². The van der Waals surface area contributed by atoms with Gasteiger partial charge in [0.05, 0.1) is 24.2 Å². The van der Waals surface area contributed by atoms with Gasteiger partial charge < -0.3 is 20.1 Å². The van der Waals surface area contributed by atoms with Gasteiger partial charge in [-0.05, 0) is 51.9 Å². The number of hydrogen-bond donors (Lipinski definition) is 3. The van der Waals surface area contributed by atoms with Gasteiger partial charge in [0.1, 0.15) is 6.10 Å². The zero-order valence-corrected chi connectivity index (χ0v) is 14.8. The monoisotopic (exact) mass is 330 g/mol. The second kappa shape index (κ2) is 9.60. The summed E-state index contributed by atoms with van der Waals surface area (Å²) in [4.78, 5) is 11.3. The number of carbonyl (C=O) groups excluding carboxylic acids is 1. The van der Waals surface area contributed by atoms with E-state index in [0.717, 1.165) is 32.1 Å². The third kappa shape index (κ3) is 9.28. The maximum Gasteiger partial charge on any atom is 0.308 e. The summed E-state index contributed by atoms with van der Waals surface area (Å²) in [6, 6.07) is 0. The number of cyclic esters (lactones) is 1. The summed E-state index contributed by atoms with van der Waals surface area (Å²) in [6.45, 7) is 5.73. The largest absolute Gasteiger partial charge is 0.462 e. The van der Waals surface area contributed by atoms with Gasteiger partial charge in [0.15, 0.2) is 0 Å². The molecule has 0 aromatic rings. The van der Waals surface area contributed by atoms with Gasteiger partial charge in [-0.3, -0.25) is 4.79 Å². The van der Waals surface area contributed by atoms with Crippen LogP contribution in [0.4, 0.5) is 0 Å². The number of carbonyl (C=O) groups is 1. The summed E-state index contributed by atoms with van der Waals surface area (Å²) < 4.78 is 5.24. The molecule has 0 spiro atoms. The van der Waals surface area contributed by atoms with Gasteiger partial charge in [-0.2, -0.15) is 0 Å². The molecule has 1 saturated heterocycles. The lowest BCUT2D eigenvalue weighted by molar-refractivity contribution is -0.160. The molecule has 23 heavy (non-hydrogen) atoms. The molecule has 5 atom stereocenters. The minimum absolute atomic E-state index is 0.120. The Labute approximate surface area is 140 Å². The molecule has 1 heterocycles. The van der Waals surface area contributed by atoms with Crippen LogP contribution in [0.25, 0.3) is 0 Å². The Kier molecular flexibility index (Phi) is 8.51. The van der Waals surface area contributed by atoms with Crippen molar-refractivity contribution < 1.29 is 24.9 Å². The number of unbranched alkanes of at least 4 members (excludes halogenated alkanes) is 1. The molecule has 0 saturated carbocycles. The smallest absolute Gasteiger partial charge is 0.308 e. The first kappa shape index (κ1) is 20.4. The van der Waals surface area contributed by atoms with Crippen molar-refractivity contribution in [1.82, 2.24) is 0 Å². The molecule has 0 aliphatic carbocycles. The standard InChI is InChI=1S/C18H34O5/c1-13(12-18(3,22)9-8-14(2)19)6-4-5-7-16-10-15(20)11-17(21)23-16/h13-16,19-20,22H,4-12H2,1-3H3/t13-,14-,15+,16+,18-/m1/s1. The highest BCUT2D eigenvalue weighted by Crippen LogP contribution is 2.26. The Bertz CT molecular complexity index is 353. The Hall–Kier alpha value is -0.650. The fraction of sp³-hybridized carbons (Fsp3) is 0.944. The van der Waals surface area contributed by atoms with Gasteiger partial charge in [0.2, 0.25) is 0 Å². The topological polar surface area (TPSA) is 87.0 Å². The maximum atomic E-state index is 11.3. The number of ether oxygens (including phenoxy) is 1. The SMILES string of the molecule is C[C@H](CCCC[C@H]1C[C@H](O)CC(=O)O1)C[C@](C)(O)CC[C@@H](C)O. The van der Waals surface area contributed by atoms with Gasteiger partial charge in [-0.1, -0.05) is 19.8 Å². The van der Waals surface area contributed by atoms with Gasteiger partial charge in [0, 0.05) is 6.42 Å². The molecule has 5 nitrogen and oxygen atoms in total. The van der Waals surface area contributed by atoms with Crippen molar-refractivity contribution in [3.05, 3.63) is 0 Å². The molecule has 0 radical (unpaired) electrons. The van der Waals surface area contributed by atoms with Crippen LogP contribution in [0.5, 0.6) is 0 Å². The summed E-state index contributed by atoms with van der Waals surface area (Å²) in [6.07, 6.45) is 5.39. The molecule has 1 aliphatic rings. The number of aliphatic hydroxyl groups is 3.